The molecule has 2 aromatic rings. The number of rotatable bonds is 5. The van der Waals surface area contributed by atoms with Crippen molar-refractivity contribution in [3.8, 4) is 11.5 Å². The van der Waals surface area contributed by atoms with Crippen LogP contribution in [0.1, 0.15) is 22.8 Å². The third-order valence-corrected chi connectivity index (χ3v) is 3.60. The van der Waals surface area contributed by atoms with Crippen molar-refractivity contribution in [2.45, 2.75) is 6.92 Å². The summed E-state index contributed by atoms with van der Waals surface area (Å²) in [7, 11) is 3.00. The van der Waals surface area contributed by atoms with Crippen molar-refractivity contribution in [1.29, 1.82) is 0 Å². The van der Waals surface area contributed by atoms with Crippen LogP contribution in [0.4, 0.5) is 4.39 Å². The number of carbonyl (C=O) groups is 1. The molecule has 1 N–H and O–H groups in total. The van der Waals surface area contributed by atoms with Crippen molar-refractivity contribution in [1.82, 2.24) is 5.43 Å². The predicted octanol–water partition coefficient (Wildman–Crippen LogP) is 3.65. The second kappa shape index (κ2) is 7.79. The fourth-order valence-corrected chi connectivity index (χ4v) is 2.32. The summed E-state index contributed by atoms with van der Waals surface area (Å²) >= 11 is 5.97. The van der Waals surface area contributed by atoms with E-state index in [2.05, 4.69) is 10.5 Å². The maximum Gasteiger partial charge on any atom is 0.271 e. The maximum absolute atomic E-state index is 13.1. The van der Waals surface area contributed by atoms with E-state index in [0.29, 0.717) is 28.3 Å². The highest BCUT2D eigenvalue weighted by Crippen LogP contribution is 2.27. The van der Waals surface area contributed by atoms with Gasteiger partial charge in [-0.2, -0.15) is 5.10 Å². The van der Waals surface area contributed by atoms with Gasteiger partial charge in [-0.25, -0.2) is 9.82 Å². The van der Waals surface area contributed by atoms with Gasteiger partial charge in [0.05, 0.1) is 25.0 Å². The molecule has 0 aliphatic heterocycles. The highest BCUT2D eigenvalue weighted by molar-refractivity contribution is 6.34. The van der Waals surface area contributed by atoms with Gasteiger partial charge in [0, 0.05) is 11.1 Å². The number of nitrogens with zero attached hydrogens (tertiary/aromatic N) is 1. The summed E-state index contributed by atoms with van der Waals surface area (Å²) in [6, 6.07) is 8.72. The highest BCUT2D eigenvalue weighted by Gasteiger charge is 2.11. The molecule has 1 amide bonds. The fourth-order valence-electron chi connectivity index (χ4n) is 2.02. The molecule has 0 spiro atoms. The highest BCUT2D eigenvalue weighted by atomic mass is 35.5. The van der Waals surface area contributed by atoms with Gasteiger partial charge in [0.1, 0.15) is 5.82 Å². The molecule has 7 heteroatoms. The smallest absolute Gasteiger partial charge is 0.271 e. The number of halogens is 2. The summed E-state index contributed by atoms with van der Waals surface area (Å²) in [5, 5.41) is 4.22. The van der Waals surface area contributed by atoms with E-state index < -0.39 is 11.7 Å². The predicted molar refractivity (Wildman–Crippen MR) is 90.6 cm³/mol. The SMILES string of the molecule is COc1ccc(C(=O)N/N=C(/C)c2ccc(F)cc2Cl)cc1OC. The molecule has 0 aromatic heterocycles. The molecule has 0 heterocycles. The number of hydrogen-bond donors (Lipinski definition) is 1. The number of carbonyl (C=O) groups excluding carboxylic acids is 1. The monoisotopic (exact) mass is 350 g/mol. The van der Waals surface area contributed by atoms with E-state index in [4.69, 9.17) is 21.1 Å². The Kier molecular flexibility index (Phi) is 5.76. The summed E-state index contributed by atoms with van der Waals surface area (Å²) in [5.41, 5.74) is 3.77. The molecule has 0 aliphatic carbocycles. The molecule has 0 unspecified atom stereocenters. The first-order valence-electron chi connectivity index (χ1n) is 6.98. The quantitative estimate of drug-likeness (QED) is 0.661. The van der Waals surface area contributed by atoms with Crippen molar-refractivity contribution in [2.75, 3.05) is 14.2 Å². The lowest BCUT2D eigenvalue weighted by Crippen LogP contribution is -2.19. The second-order valence-corrected chi connectivity index (χ2v) is 5.24. The molecule has 5 nitrogen and oxygen atoms in total. The van der Waals surface area contributed by atoms with Crippen LogP contribution in [-0.4, -0.2) is 25.8 Å². The Morgan fingerprint density at radius 3 is 2.46 bits per heavy atom. The van der Waals surface area contributed by atoms with Crippen LogP contribution >= 0.6 is 11.6 Å². The molecule has 0 aliphatic rings. The van der Waals surface area contributed by atoms with Gasteiger partial charge in [-0.05, 0) is 43.3 Å². The van der Waals surface area contributed by atoms with Crippen LogP contribution < -0.4 is 14.9 Å². The standard InChI is InChI=1S/C17H16ClFN2O3/c1-10(13-6-5-12(19)9-14(13)18)20-21-17(22)11-4-7-15(23-2)16(8-11)24-3/h4-9H,1-3H3,(H,21,22)/b20-10-. The van der Waals surface area contributed by atoms with Crippen molar-refractivity contribution < 1.29 is 18.7 Å². The largest absolute Gasteiger partial charge is 0.493 e. The van der Waals surface area contributed by atoms with Crippen LogP contribution in [0, 0.1) is 5.82 Å². The Bertz CT molecular complexity index is 793. The minimum Gasteiger partial charge on any atom is -0.493 e. The average Bonchev–Trinajstić information content (AvgIpc) is 2.58. The molecule has 24 heavy (non-hydrogen) atoms. The Balaban J connectivity index is 2.17. The van der Waals surface area contributed by atoms with E-state index in [1.165, 1.54) is 32.4 Å². The molecular formula is C17H16ClFN2O3. The molecule has 2 rings (SSSR count). The zero-order valence-electron chi connectivity index (χ0n) is 13.4. The number of hydrogen-bond acceptors (Lipinski definition) is 4. The van der Waals surface area contributed by atoms with Gasteiger partial charge >= 0.3 is 0 Å². The van der Waals surface area contributed by atoms with E-state index in [-0.39, 0.29) is 5.02 Å². The number of nitrogens with one attached hydrogen (secondary N) is 1. The van der Waals surface area contributed by atoms with Crippen LogP contribution in [-0.2, 0) is 0 Å². The van der Waals surface area contributed by atoms with Crippen molar-refractivity contribution in [3.63, 3.8) is 0 Å². The van der Waals surface area contributed by atoms with E-state index in [9.17, 15) is 9.18 Å². The van der Waals surface area contributed by atoms with Gasteiger partial charge in [-0.1, -0.05) is 11.6 Å². The Labute approximate surface area is 144 Å². The zero-order valence-corrected chi connectivity index (χ0v) is 14.1. The normalized spacial score (nSPS) is 11.1. The van der Waals surface area contributed by atoms with Gasteiger partial charge in [0.15, 0.2) is 11.5 Å². The Hall–Kier alpha value is -2.60. The molecule has 0 bridgehead atoms. The molecule has 0 saturated carbocycles. The molecular weight excluding hydrogens is 335 g/mol. The molecule has 126 valence electrons. The molecule has 0 atom stereocenters. The Morgan fingerprint density at radius 1 is 1.12 bits per heavy atom. The minimum absolute atomic E-state index is 0.219. The van der Waals surface area contributed by atoms with Gasteiger partial charge < -0.3 is 9.47 Å². The minimum atomic E-state index is -0.439. The van der Waals surface area contributed by atoms with Crippen molar-refractivity contribution >= 4 is 23.2 Å². The van der Waals surface area contributed by atoms with Crippen LogP contribution in [0.25, 0.3) is 0 Å². The van der Waals surface area contributed by atoms with Crippen molar-refractivity contribution in [2.24, 2.45) is 5.10 Å². The van der Waals surface area contributed by atoms with E-state index >= 15 is 0 Å². The summed E-state index contributed by atoms with van der Waals surface area (Å²) in [6.45, 7) is 1.66. The fraction of sp³-hybridized carbons (Fsp3) is 0.176. The lowest BCUT2D eigenvalue weighted by atomic mass is 10.1. The zero-order chi connectivity index (χ0) is 17.7. The van der Waals surface area contributed by atoms with Gasteiger partial charge in [-0.15, -0.1) is 0 Å². The lowest BCUT2D eigenvalue weighted by molar-refractivity contribution is 0.0954. The van der Waals surface area contributed by atoms with E-state index in [1.807, 2.05) is 0 Å². The maximum atomic E-state index is 13.1. The topological polar surface area (TPSA) is 59.9 Å². The first-order valence-corrected chi connectivity index (χ1v) is 7.36. The van der Waals surface area contributed by atoms with Crippen LogP contribution in [0.3, 0.4) is 0 Å². The molecule has 0 saturated heterocycles. The first kappa shape index (κ1) is 17.7. The molecule has 2 aromatic carbocycles. The number of amides is 1. The van der Waals surface area contributed by atoms with Gasteiger partial charge in [0.2, 0.25) is 0 Å². The summed E-state index contributed by atoms with van der Waals surface area (Å²) in [5.74, 6) is 0.0960. The summed E-state index contributed by atoms with van der Waals surface area (Å²) in [4.78, 5) is 12.2. The average molecular weight is 351 g/mol. The van der Waals surface area contributed by atoms with E-state index in [0.717, 1.165) is 0 Å². The number of benzene rings is 2. The molecule has 0 fully saturated rings. The van der Waals surface area contributed by atoms with Crippen LogP contribution in [0.2, 0.25) is 5.02 Å². The van der Waals surface area contributed by atoms with Gasteiger partial charge in [0.25, 0.3) is 5.91 Å². The number of methoxy groups -OCH3 is 2. The van der Waals surface area contributed by atoms with Gasteiger partial charge in [-0.3, -0.25) is 4.79 Å². The summed E-state index contributed by atoms with van der Waals surface area (Å²) in [6.07, 6.45) is 0. The second-order valence-electron chi connectivity index (χ2n) is 4.83. The lowest BCUT2D eigenvalue weighted by Gasteiger charge is -2.09. The van der Waals surface area contributed by atoms with E-state index in [1.54, 1.807) is 25.1 Å². The van der Waals surface area contributed by atoms with Crippen molar-refractivity contribution in [3.05, 3.63) is 58.4 Å². The van der Waals surface area contributed by atoms with Crippen LogP contribution in [0.5, 0.6) is 11.5 Å². The molecule has 0 radical (unpaired) electrons. The Morgan fingerprint density at radius 2 is 1.83 bits per heavy atom. The first-order chi connectivity index (χ1) is 11.5. The summed E-state index contributed by atoms with van der Waals surface area (Å²) < 4.78 is 23.3. The number of hydrazone groups is 1. The number of ether oxygens (including phenoxy) is 2. The third kappa shape index (κ3) is 4.02. The third-order valence-electron chi connectivity index (χ3n) is 3.29. The van der Waals surface area contributed by atoms with Crippen LogP contribution in [0.15, 0.2) is 41.5 Å².